The van der Waals surface area contributed by atoms with Gasteiger partial charge in [0.2, 0.25) is 0 Å². The van der Waals surface area contributed by atoms with Crippen molar-refractivity contribution in [3.05, 3.63) is 16.6 Å². The second-order valence-electron chi connectivity index (χ2n) is 0.982. The van der Waals surface area contributed by atoms with Crippen LogP contribution in [0.4, 0.5) is 0 Å². The van der Waals surface area contributed by atoms with Gasteiger partial charge in [-0.15, -0.1) is 17.8 Å². The van der Waals surface area contributed by atoms with Gasteiger partial charge in [-0.1, -0.05) is 0 Å². The Morgan fingerprint density at radius 1 is 2.00 bits per heavy atom. The Bertz CT molecular complexity index is 175. The molecule has 0 spiro atoms. The lowest BCUT2D eigenvalue weighted by molar-refractivity contribution is 1.39. The third-order valence-electron chi connectivity index (χ3n) is 0.556. The molecule has 0 aliphatic carbocycles. The first-order chi connectivity index (χ1) is 3.43. The van der Waals surface area contributed by atoms with E-state index in [1.807, 2.05) is 5.38 Å². The quantitative estimate of drug-likeness (QED) is 0.461. The van der Waals surface area contributed by atoms with Gasteiger partial charge in [-0.3, -0.25) is 0 Å². The standard InChI is InChI=1S/C5H3NS.H2/c1-2-5-6-3-4-7-5;/h1,3-4H;1H. The fourth-order valence-electron chi connectivity index (χ4n) is 0.295. The van der Waals surface area contributed by atoms with Gasteiger partial charge in [0.15, 0.2) is 5.01 Å². The third kappa shape index (κ3) is 0.787. The maximum atomic E-state index is 4.99. The normalized spacial score (nSPS) is 7.86. The lowest BCUT2D eigenvalue weighted by Gasteiger charge is -1.65. The van der Waals surface area contributed by atoms with Crippen LogP contribution in [0.2, 0.25) is 0 Å². The summed E-state index contributed by atoms with van der Waals surface area (Å²) in [5, 5.41) is 2.61. The fourth-order valence-corrected chi connectivity index (χ4v) is 0.735. The van der Waals surface area contributed by atoms with Crippen molar-refractivity contribution in [1.82, 2.24) is 4.98 Å². The van der Waals surface area contributed by atoms with Crippen LogP contribution in [0.25, 0.3) is 0 Å². The number of terminal acetylenes is 1. The summed E-state index contributed by atoms with van der Waals surface area (Å²) in [7, 11) is 0. The zero-order valence-corrected chi connectivity index (χ0v) is 4.40. The van der Waals surface area contributed by atoms with E-state index in [0.29, 0.717) is 0 Å². The minimum Gasteiger partial charge on any atom is -0.236 e. The highest BCUT2D eigenvalue weighted by Gasteiger charge is 1.81. The SMILES string of the molecule is C#Cc1nccs1.[HH]. The molecule has 1 aromatic heterocycles. The molecule has 0 aromatic carbocycles. The highest BCUT2D eigenvalue weighted by molar-refractivity contribution is 7.10. The summed E-state index contributed by atoms with van der Waals surface area (Å²) in [5.41, 5.74) is 0. The van der Waals surface area contributed by atoms with Crippen molar-refractivity contribution in [2.24, 2.45) is 0 Å². The van der Waals surface area contributed by atoms with E-state index in [0.717, 1.165) is 5.01 Å². The molecule has 0 bridgehead atoms. The molecule has 36 valence electrons. The highest BCUT2D eigenvalue weighted by Crippen LogP contribution is 1.99. The molecule has 0 aliphatic rings. The maximum absolute atomic E-state index is 4.99. The molecule has 0 saturated heterocycles. The first-order valence-electron chi connectivity index (χ1n) is 1.79. The number of nitrogens with zero attached hydrogens (tertiary/aromatic N) is 1. The number of hydrogen-bond donors (Lipinski definition) is 0. The summed E-state index contributed by atoms with van der Waals surface area (Å²) in [6.07, 6.45) is 6.69. The van der Waals surface area contributed by atoms with Crippen molar-refractivity contribution >= 4 is 11.3 Å². The molecule has 0 saturated carbocycles. The van der Waals surface area contributed by atoms with Gasteiger partial charge in [0.05, 0.1) is 0 Å². The second kappa shape index (κ2) is 1.76. The van der Waals surface area contributed by atoms with E-state index in [4.69, 9.17) is 6.42 Å². The summed E-state index contributed by atoms with van der Waals surface area (Å²) < 4.78 is 0. The highest BCUT2D eigenvalue weighted by atomic mass is 32.1. The van der Waals surface area contributed by atoms with Gasteiger partial charge in [0, 0.05) is 13.0 Å². The Morgan fingerprint density at radius 3 is 3.14 bits per heavy atom. The van der Waals surface area contributed by atoms with E-state index < -0.39 is 0 Å². The molecule has 7 heavy (non-hydrogen) atoms. The maximum Gasteiger partial charge on any atom is 0.166 e. The van der Waals surface area contributed by atoms with Crippen molar-refractivity contribution in [3.63, 3.8) is 0 Å². The summed E-state index contributed by atoms with van der Waals surface area (Å²) in [6, 6.07) is 0. The lowest BCUT2D eigenvalue weighted by Crippen LogP contribution is -1.61. The molecule has 2 heteroatoms. The molecule has 0 radical (unpaired) electrons. The molecule has 0 aliphatic heterocycles. The number of hydrogen-bond acceptors (Lipinski definition) is 2. The van der Waals surface area contributed by atoms with E-state index in [2.05, 4.69) is 10.9 Å². The monoisotopic (exact) mass is 111 g/mol. The van der Waals surface area contributed by atoms with Crippen molar-refractivity contribution < 1.29 is 1.43 Å². The molecule has 1 rings (SSSR count). The van der Waals surface area contributed by atoms with Gasteiger partial charge in [-0.2, -0.15) is 0 Å². The summed E-state index contributed by atoms with van der Waals surface area (Å²) >= 11 is 1.48. The summed E-state index contributed by atoms with van der Waals surface area (Å²) in [5.74, 6) is 2.41. The molecule has 0 fully saturated rings. The van der Waals surface area contributed by atoms with Crippen LogP contribution in [0, 0.1) is 12.3 Å². The van der Waals surface area contributed by atoms with Gasteiger partial charge in [0.1, 0.15) is 0 Å². The van der Waals surface area contributed by atoms with E-state index in [-0.39, 0.29) is 1.43 Å². The van der Waals surface area contributed by atoms with E-state index >= 15 is 0 Å². The lowest BCUT2D eigenvalue weighted by atomic mass is 10.7. The number of rotatable bonds is 0. The van der Waals surface area contributed by atoms with Gasteiger partial charge < -0.3 is 0 Å². The van der Waals surface area contributed by atoms with Crippen LogP contribution in [0.5, 0.6) is 0 Å². The van der Waals surface area contributed by atoms with Crippen molar-refractivity contribution in [3.8, 4) is 12.3 Å². The molecule has 1 heterocycles. The smallest absolute Gasteiger partial charge is 0.166 e. The van der Waals surface area contributed by atoms with Gasteiger partial charge in [-0.05, 0) is 5.92 Å². The average molecular weight is 111 g/mol. The van der Waals surface area contributed by atoms with Crippen molar-refractivity contribution in [2.75, 3.05) is 0 Å². The molecule has 0 unspecified atom stereocenters. The molecule has 0 atom stereocenters. The zero-order valence-electron chi connectivity index (χ0n) is 3.59. The third-order valence-corrected chi connectivity index (χ3v) is 1.26. The summed E-state index contributed by atoms with van der Waals surface area (Å²) in [6.45, 7) is 0. The van der Waals surface area contributed by atoms with Crippen LogP contribution in [0.15, 0.2) is 11.6 Å². The molecule has 0 N–H and O–H groups in total. The first kappa shape index (κ1) is 4.35. The van der Waals surface area contributed by atoms with Crippen LogP contribution in [-0.4, -0.2) is 4.98 Å². The van der Waals surface area contributed by atoms with Crippen LogP contribution in [-0.2, 0) is 0 Å². The number of aromatic nitrogens is 1. The van der Waals surface area contributed by atoms with Crippen LogP contribution in [0.3, 0.4) is 0 Å². The van der Waals surface area contributed by atoms with E-state index in [9.17, 15) is 0 Å². The van der Waals surface area contributed by atoms with Gasteiger partial charge >= 0.3 is 0 Å². The minimum absolute atomic E-state index is 0. The molecular formula is C5H5NS. The Hall–Kier alpha value is -0.810. The summed E-state index contributed by atoms with van der Waals surface area (Å²) in [4.78, 5) is 3.82. The minimum atomic E-state index is 0. The molecule has 1 nitrogen and oxygen atoms in total. The van der Waals surface area contributed by atoms with Gasteiger partial charge in [-0.25, -0.2) is 4.98 Å². The molecule has 1 aromatic rings. The Kier molecular flexibility index (Phi) is 1.10. The molecular weight excluding hydrogens is 106 g/mol. The number of thiazole rings is 1. The van der Waals surface area contributed by atoms with Crippen LogP contribution < -0.4 is 0 Å². The Morgan fingerprint density at radius 2 is 2.86 bits per heavy atom. The largest absolute Gasteiger partial charge is 0.236 e. The van der Waals surface area contributed by atoms with E-state index in [1.54, 1.807) is 6.20 Å². The Balaban J connectivity index is 0.000000490. The zero-order chi connectivity index (χ0) is 5.11. The second-order valence-corrected chi connectivity index (χ2v) is 1.88. The average Bonchev–Trinajstić information content (AvgIpc) is 2.14. The van der Waals surface area contributed by atoms with Crippen LogP contribution >= 0.6 is 11.3 Å². The topological polar surface area (TPSA) is 12.9 Å². The van der Waals surface area contributed by atoms with E-state index in [1.165, 1.54) is 11.3 Å². The van der Waals surface area contributed by atoms with Crippen LogP contribution in [0.1, 0.15) is 6.43 Å². The van der Waals surface area contributed by atoms with Crippen molar-refractivity contribution in [1.29, 1.82) is 0 Å². The van der Waals surface area contributed by atoms with Crippen molar-refractivity contribution in [2.45, 2.75) is 0 Å². The Labute approximate surface area is 47.5 Å². The molecule has 0 amide bonds. The predicted molar refractivity (Wildman–Crippen MR) is 32.2 cm³/mol. The first-order valence-corrected chi connectivity index (χ1v) is 2.67. The van der Waals surface area contributed by atoms with Gasteiger partial charge in [0.25, 0.3) is 0 Å². The predicted octanol–water partition coefficient (Wildman–Crippen LogP) is 1.37. The fraction of sp³-hybridized carbons (Fsp3) is 0.